The van der Waals surface area contributed by atoms with Gasteiger partial charge >= 0.3 is 5.97 Å². The van der Waals surface area contributed by atoms with Crippen molar-refractivity contribution in [1.29, 1.82) is 0 Å². The van der Waals surface area contributed by atoms with Gasteiger partial charge in [-0.3, -0.25) is 9.59 Å². The quantitative estimate of drug-likeness (QED) is 0.736. The van der Waals surface area contributed by atoms with E-state index in [9.17, 15) is 9.59 Å². The van der Waals surface area contributed by atoms with Crippen LogP contribution in [0, 0.1) is 11.3 Å². The first-order valence-electron chi connectivity index (χ1n) is 6.79. The Morgan fingerprint density at radius 3 is 2.42 bits per heavy atom. The Kier molecular flexibility index (Phi) is 5.94. The van der Waals surface area contributed by atoms with E-state index in [1.165, 1.54) is 7.11 Å². The Labute approximate surface area is 114 Å². The number of ketones is 1. The summed E-state index contributed by atoms with van der Waals surface area (Å²) in [4.78, 5) is 23.1. The smallest absolute Gasteiger partial charge is 0.322 e. The Balaban J connectivity index is 2.62. The van der Waals surface area contributed by atoms with E-state index in [0.29, 0.717) is 6.42 Å². The molecule has 0 spiro atoms. The first-order valence-corrected chi connectivity index (χ1v) is 6.79. The van der Waals surface area contributed by atoms with Gasteiger partial charge in [0.25, 0.3) is 0 Å². The van der Waals surface area contributed by atoms with Gasteiger partial charge in [0.15, 0.2) is 0 Å². The molecule has 0 aliphatic carbocycles. The summed E-state index contributed by atoms with van der Waals surface area (Å²) in [5.41, 5.74) is 5.86. The molecule has 1 aliphatic rings. The van der Waals surface area contributed by atoms with Gasteiger partial charge in [-0.25, -0.2) is 0 Å². The number of carbonyl (C=O) groups is 2. The number of methoxy groups -OCH3 is 1. The second kappa shape index (κ2) is 7.01. The van der Waals surface area contributed by atoms with Crippen LogP contribution >= 0.6 is 0 Å². The number of ether oxygens (including phenoxy) is 2. The SMILES string of the molecule is COC(=O)C(N)CC(CC1(C)CCOCC1)C(C)=O. The minimum atomic E-state index is -0.720. The molecule has 0 radical (unpaired) electrons. The fraction of sp³-hybridized carbons (Fsp3) is 0.857. The molecule has 0 aromatic heterocycles. The van der Waals surface area contributed by atoms with E-state index in [0.717, 1.165) is 32.5 Å². The fourth-order valence-electron chi connectivity index (χ4n) is 2.61. The topological polar surface area (TPSA) is 78.6 Å². The number of hydrogen-bond acceptors (Lipinski definition) is 5. The summed E-state index contributed by atoms with van der Waals surface area (Å²) in [7, 11) is 1.31. The molecule has 0 aromatic carbocycles. The summed E-state index contributed by atoms with van der Waals surface area (Å²) in [5.74, 6) is -0.548. The van der Waals surface area contributed by atoms with Crippen LogP contribution in [0.25, 0.3) is 0 Å². The molecule has 0 saturated carbocycles. The number of nitrogens with two attached hydrogens (primary N) is 1. The summed E-state index contributed by atoms with van der Waals surface area (Å²) in [6.45, 7) is 5.22. The second-order valence-electron chi connectivity index (χ2n) is 5.80. The van der Waals surface area contributed by atoms with Crippen molar-refractivity contribution in [2.24, 2.45) is 17.1 Å². The Bertz CT molecular complexity index is 323. The van der Waals surface area contributed by atoms with E-state index in [1.54, 1.807) is 6.92 Å². The summed E-state index contributed by atoms with van der Waals surface area (Å²) >= 11 is 0. The van der Waals surface area contributed by atoms with Crippen molar-refractivity contribution in [3.05, 3.63) is 0 Å². The maximum Gasteiger partial charge on any atom is 0.322 e. The number of rotatable bonds is 6. The lowest BCUT2D eigenvalue weighted by Crippen LogP contribution is -2.37. The van der Waals surface area contributed by atoms with Gasteiger partial charge in [0, 0.05) is 19.1 Å². The minimum Gasteiger partial charge on any atom is -0.468 e. The van der Waals surface area contributed by atoms with Gasteiger partial charge in [-0.1, -0.05) is 6.92 Å². The molecule has 1 rings (SSSR count). The zero-order valence-corrected chi connectivity index (χ0v) is 12.1. The highest BCUT2D eigenvalue weighted by atomic mass is 16.5. The molecular formula is C14H25NO4. The maximum absolute atomic E-state index is 11.8. The summed E-state index contributed by atoms with van der Waals surface area (Å²) in [5, 5.41) is 0. The Morgan fingerprint density at radius 2 is 1.95 bits per heavy atom. The molecule has 5 nitrogen and oxygen atoms in total. The van der Waals surface area contributed by atoms with Crippen LogP contribution in [0.3, 0.4) is 0 Å². The normalized spacial score (nSPS) is 21.5. The Hall–Kier alpha value is -0.940. The van der Waals surface area contributed by atoms with Crippen molar-refractivity contribution in [2.45, 2.75) is 45.6 Å². The van der Waals surface area contributed by atoms with Crippen molar-refractivity contribution in [2.75, 3.05) is 20.3 Å². The van der Waals surface area contributed by atoms with Gasteiger partial charge in [0.05, 0.1) is 7.11 Å². The number of esters is 1. The van der Waals surface area contributed by atoms with E-state index in [-0.39, 0.29) is 17.1 Å². The molecule has 2 N–H and O–H groups in total. The zero-order chi connectivity index (χ0) is 14.5. The van der Waals surface area contributed by atoms with E-state index in [1.807, 2.05) is 0 Å². The second-order valence-corrected chi connectivity index (χ2v) is 5.80. The van der Waals surface area contributed by atoms with Crippen molar-refractivity contribution in [1.82, 2.24) is 0 Å². The molecule has 19 heavy (non-hydrogen) atoms. The third-order valence-electron chi connectivity index (χ3n) is 4.06. The van der Waals surface area contributed by atoms with Gasteiger partial charge < -0.3 is 15.2 Å². The molecule has 2 atom stereocenters. The van der Waals surface area contributed by atoms with Crippen LogP contribution in [0.2, 0.25) is 0 Å². The van der Waals surface area contributed by atoms with E-state index < -0.39 is 12.0 Å². The van der Waals surface area contributed by atoms with Crippen LogP contribution < -0.4 is 5.73 Å². The molecule has 0 bridgehead atoms. The van der Waals surface area contributed by atoms with Crippen molar-refractivity contribution >= 4 is 11.8 Å². The minimum absolute atomic E-state index is 0.0899. The van der Waals surface area contributed by atoms with Gasteiger partial charge in [-0.05, 0) is 38.0 Å². The summed E-state index contributed by atoms with van der Waals surface area (Å²) < 4.78 is 9.97. The zero-order valence-electron chi connectivity index (χ0n) is 12.1. The fourth-order valence-corrected chi connectivity index (χ4v) is 2.61. The molecule has 1 saturated heterocycles. The number of carbonyl (C=O) groups excluding carboxylic acids is 2. The molecular weight excluding hydrogens is 246 g/mol. The average Bonchev–Trinajstić information content (AvgIpc) is 2.37. The van der Waals surface area contributed by atoms with Crippen LogP contribution in [0.4, 0.5) is 0 Å². The number of Topliss-reactive ketones (excluding diaryl/α,β-unsaturated/α-hetero) is 1. The van der Waals surface area contributed by atoms with Crippen molar-refractivity contribution < 1.29 is 19.1 Å². The molecule has 1 fully saturated rings. The summed E-state index contributed by atoms with van der Waals surface area (Å²) in [6, 6.07) is -0.720. The van der Waals surface area contributed by atoms with Gasteiger partial charge in [-0.15, -0.1) is 0 Å². The lowest BCUT2D eigenvalue weighted by Gasteiger charge is -2.36. The third kappa shape index (κ3) is 4.91. The lowest BCUT2D eigenvalue weighted by atomic mass is 9.73. The van der Waals surface area contributed by atoms with Gasteiger partial charge in [0.2, 0.25) is 0 Å². The largest absolute Gasteiger partial charge is 0.468 e. The highest BCUT2D eigenvalue weighted by Gasteiger charge is 2.33. The van der Waals surface area contributed by atoms with Gasteiger partial charge in [-0.2, -0.15) is 0 Å². The Morgan fingerprint density at radius 1 is 1.37 bits per heavy atom. The highest BCUT2D eigenvalue weighted by Crippen LogP contribution is 2.37. The average molecular weight is 271 g/mol. The van der Waals surface area contributed by atoms with Gasteiger partial charge in [0.1, 0.15) is 11.8 Å². The van der Waals surface area contributed by atoms with Crippen LogP contribution in [-0.2, 0) is 19.1 Å². The molecule has 5 heteroatoms. The van der Waals surface area contributed by atoms with Crippen LogP contribution in [0.5, 0.6) is 0 Å². The molecule has 0 aromatic rings. The van der Waals surface area contributed by atoms with Crippen molar-refractivity contribution in [3.63, 3.8) is 0 Å². The molecule has 2 unspecified atom stereocenters. The van der Waals surface area contributed by atoms with E-state index in [2.05, 4.69) is 11.7 Å². The predicted molar refractivity (Wildman–Crippen MR) is 71.6 cm³/mol. The number of hydrogen-bond donors (Lipinski definition) is 1. The standard InChI is InChI=1S/C14H25NO4/c1-10(16)11(8-12(15)13(17)18-3)9-14(2)4-6-19-7-5-14/h11-12H,4-9,15H2,1-3H3. The van der Waals surface area contributed by atoms with Crippen LogP contribution in [0.15, 0.2) is 0 Å². The van der Waals surface area contributed by atoms with Crippen LogP contribution in [-0.4, -0.2) is 38.1 Å². The monoisotopic (exact) mass is 271 g/mol. The molecule has 1 heterocycles. The first kappa shape index (κ1) is 16.1. The molecule has 0 amide bonds. The van der Waals surface area contributed by atoms with E-state index >= 15 is 0 Å². The highest BCUT2D eigenvalue weighted by molar-refractivity contribution is 5.80. The van der Waals surface area contributed by atoms with E-state index in [4.69, 9.17) is 10.5 Å². The predicted octanol–water partition coefficient (Wildman–Crippen LogP) is 1.29. The molecule has 1 aliphatic heterocycles. The van der Waals surface area contributed by atoms with Crippen LogP contribution in [0.1, 0.15) is 39.5 Å². The third-order valence-corrected chi connectivity index (χ3v) is 4.06. The first-order chi connectivity index (χ1) is 8.88. The van der Waals surface area contributed by atoms with Crippen molar-refractivity contribution in [3.8, 4) is 0 Å². The molecule has 110 valence electrons. The summed E-state index contributed by atoms with van der Waals surface area (Å²) in [6.07, 6.45) is 3.02. The lowest BCUT2D eigenvalue weighted by molar-refractivity contribution is -0.142. The maximum atomic E-state index is 11.8.